The minimum atomic E-state index is -0.0479. The summed E-state index contributed by atoms with van der Waals surface area (Å²) in [5.74, 6) is -0.0479. The van der Waals surface area contributed by atoms with Gasteiger partial charge < -0.3 is 5.32 Å². The minimum absolute atomic E-state index is 0.0479. The molecule has 4 nitrogen and oxygen atoms in total. The lowest BCUT2D eigenvalue weighted by atomic mass is 10.2. The van der Waals surface area contributed by atoms with E-state index >= 15 is 0 Å². The molecule has 1 aliphatic rings. The molecule has 2 aromatic rings. The van der Waals surface area contributed by atoms with Crippen LogP contribution in [0.15, 0.2) is 30.5 Å². The number of nitrogens with zero attached hydrogens (tertiary/aromatic N) is 2. The van der Waals surface area contributed by atoms with Gasteiger partial charge in [0, 0.05) is 11.1 Å². The van der Waals surface area contributed by atoms with Crippen LogP contribution in [-0.4, -0.2) is 21.7 Å². The number of aromatic nitrogens is 2. The quantitative estimate of drug-likeness (QED) is 0.936. The van der Waals surface area contributed by atoms with E-state index in [0.29, 0.717) is 16.6 Å². The van der Waals surface area contributed by atoms with Crippen LogP contribution in [0.2, 0.25) is 5.02 Å². The number of halogens is 1. The van der Waals surface area contributed by atoms with Gasteiger partial charge in [-0.25, -0.2) is 4.68 Å². The number of carbonyl (C=O) groups excluding carboxylic acids is 1. The van der Waals surface area contributed by atoms with E-state index in [0.717, 1.165) is 24.2 Å². The fourth-order valence-corrected chi connectivity index (χ4v) is 2.18. The maximum absolute atomic E-state index is 12.0. The first kappa shape index (κ1) is 12.2. The van der Waals surface area contributed by atoms with E-state index in [1.54, 1.807) is 10.9 Å². The number of nitrogens with one attached hydrogen (secondary N) is 1. The van der Waals surface area contributed by atoms with Crippen LogP contribution in [0.5, 0.6) is 0 Å². The molecule has 1 saturated carbocycles. The smallest absolute Gasteiger partial charge is 0.254 e. The van der Waals surface area contributed by atoms with Crippen LogP contribution >= 0.6 is 11.6 Å². The number of hydrogen-bond acceptors (Lipinski definition) is 2. The Labute approximate surface area is 116 Å². The van der Waals surface area contributed by atoms with E-state index < -0.39 is 0 Å². The topological polar surface area (TPSA) is 46.9 Å². The Balaban J connectivity index is 1.91. The predicted molar refractivity (Wildman–Crippen MR) is 73.8 cm³/mol. The number of amides is 1. The fourth-order valence-electron chi connectivity index (χ4n) is 1.99. The van der Waals surface area contributed by atoms with E-state index in [9.17, 15) is 4.79 Å². The highest BCUT2D eigenvalue weighted by atomic mass is 35.5. The highest BCUT2D eigenvalue weighted by Gasteiger charge is 2.25. The van der Waals surface area contributed by atoms with Crippen molar-refractivity contribution in [2.24, 2.45) is 0 Å². The molecule has 1 N–H and O–H groups in total. The molecule has 98 valence electrons. The second-order valence-corrected chi connectivity index (χ2v) is 5.22. The van der Waals surface area contributed by atoms with Gasteiger partial charge in [-0.15, -0.1) is 0 Å². The monoisotopic (exact) mass is 275 g/mol. The van der Waals surface area contributed by atoms with Gasteiger partial charge in [0.2, 0.25) is 0 Å². The van der Waals surface area contributed by atoms with Crippen LogP contribution in [0, 0.1) is 6.92 Å². The molecule has 0 aliphatic heterocycles. The standard InChI is InChI=1S/C14H14ClN3O/c1-9-13(14(19)17-11-5-6-11)8-16-18(9)12-4-2-3-10(15)7-12/h2-4,7-8,11H,5-6H2,1H3,(H,17,19). The Kier molecular flexibility index (Phi) is 3.03. The average molecular weight is 276 g/mol. The maximum atomic E-state index is 12.0. The fraction of sp³-hybridized carbons (Fsp3) is 0.286. The summed E-state index contributed by atoms with van der Waals surface area (Å²) >= 11 is 5.97. The van der Waals surface area contributed by atoms with Crippen molar-refractivity contribution in [1.82, 2.24) is 15.1 Å². The molecular weight excluding hydrogens is 262 g/mol. The van der Waals surface area contributed by atoms with E-state index in [4.69, 9.17) is 11.6 Å². The van der Waals surface area contributed by atoms with E-state index in [2.05, 4.69) is 10.4 Å². The lowest BCUT2D eigenvalue weighted by Gasteiger charge is -2.06. The zero-order valence-electron chi connectivity index (χ0n) is 10.6. The van der Waals surface area contributed by atoms with Crippen LogP contribution in [0.3, 0.4) is 0 Å². The van der Waals surface area contributed by atoms with Crippen LogP contribution in [0.1, 0.15) is 28.9 Å². The number of benzene rings is 1. The molecule has 19 heavy (non-hydrogen) atoms. The molecule has 0 saturated heterocycles. The molecule has 1 heterocycles. The summed E-state index contributed by atoms with van der Waals surface area (Å²) in [7, 11) is 0. The molecule has 1 aromatic carbocycles. The first-order valence-electron chi connectivity index (χ1n) is 6.26. The summed E-state index contributed by atoms with van der Waals surface area (Å²) in [5.41, 5.74) is 2.29. The van der Waals surface area contributed by atoms with Crippen LogP contribution < -0.4 is 5.32 Å². The third kappa shape index (κ3) is 2.49. The molecular formula is C14H14ClN3O. The molecule has 0 radical (unpaired) electrons. The number of carbonyl (C=O) groups is 1. The van der Waals surface area contributed by atoms with Crippen molar-refractivity contribution in [1.29, 1.82) is 0 Å². The lowest BCUT2D eigenvalue weighted by molar-refractivity contribution is 0.0950. The van der Waals surface area contributed by atoms with Gasteiger partial charge in [-0.1, -0.05) is 17.7 Å². The number of rotatable bonds is 3. The summed E-state index contributed by atoms with van der Waals surface area (Å²) in [6.07, 6.45) is 3.76. The third-order valence-electron chi connectivity index (χ3n) is 3.22. The van der Waals surface area contributed by atoms with Gasteiger partial charge >= 0.3 is 0 Å². The first-order valence-corrected chi connectivity index (χ1v) is 6.64. The molecule has 1 amide bonds. The zero-order chi connectivity index (χ0) is 13.4. The predicted octanol–water partition coefficient (Wildman–Crippen LogP) is 2.73. The van der Waals surface area contributed by atoms with Gasteiger partial charge in [-0.05, 0) is 38.0 Å². The Morgan fingerprint density at radius 1 is 1.47 bits per heavy atom. The van der Waals surface area contributed by atoms with Crippen molar-refractivity contribution in [2.45, 2.75) is 25.8 Å². The largest absolute Gasteiger partial charge is 0.349 e. The first-order chi connectivity index (χ1) is 9.15. The summed E-state index contributed by atoms with van der Waals surface area (Å²) < 4.78 is 1.73. The zero-order valence-corrected chi connectivity index (χ0v) is 11.3. The molecule has 1 aromatic heterocycles. The van der Waals surface area contributed by atoms with Gasteiger partial charge in [0.05, 0.1) is 23.1 Å². The Bertz CT molecular complexity index is 631. The molecule has 0 unspecified atom stereocenters. The van der Waals surface area contributed by atoms with E-state index in [1.807, 2.05) is 31.2 Å². The minimum Gasteiger partial charge on any atom is -0.349 e. The molecule has 0 spiro atoms. The summed E-state index contributed by atoms with van der Waals surface area (Å²) in [6.45, 7) is 1.88. The highest BCUT2D eigenvalue weighted by molar-refractivity contribution is 6.30. The van der Waals surface area contributed by atoms with Crippen molar-refractivity contribution in [3.05, 3.63) is 46.7 Å². The van der Waals surface area contributed by atoms with Crippen molar-refractivity contribution in [2.75, 3.05) is 0 Å². The summed E-state index contributed by atoms with van der Waals surface area (Å²) in [5, 5.41) is 7.89. The lowest BCUT2D eigenvalue weighted by Crippen LogP contribution is -2.25. The highest BCUT2D eigenvalue weighted by Crippen LogP contribution is 2.21. The molecule has 3 rings (SSSR count). The normalized spacial score (nSPS) is 14.4. The molecule has 0 atom stereocenters. The van der Waals surface area contributed by atoms with Crippen molar-refractivity contribution >= 4 is 17.5 Å². The molecule has 5 heteroatoms. The second-order valence-electron chi connectivity index (χ2n) is 4.78. The summed E-state index contributed by atoms with van der Waals surface area (Å²) in [4.78, 5) is 12.0. The van der Waals surface area contributed by atoms with Gasteiger partial charge in [-0.2, -0.15) is 5.10 Å². The van der Waals surface area contributed by atoms with Crippen LogP contribution in [0.25, 0.3) is 5.69 Å². The Morgan fingerprint density at radius 2 is 2.26 bits per heavy atom. The van der Waals surface area contributed by atoms with Crippen molar-refractivity contribution < 1.29 is 4.79 Å². The Morgan fingerprint density at radius 3 is 2.95 bits per heavy atom. The van der Waals surface area contributed by atoms with Crippen LogP contribution in [0.4, 0.5) is 0 Å². The van der Waals surface area contributed by atoms with Crippen molar-refractivity contribution in [3.63, 3.8) is 0 Å². The van der Waals surface area contributed by atoms with Crippen molar-refractivity contribution in [3.8, 4) is 5.69 Å². The van der Waals surface area contributed by atoms with Crippen LogP contribution in [-0.2, 0) is 0 Å². The van der Waals surface area contributed by atoms with E-state index in [1.165, 1.54) is 0 Å². The summed E-state index contributed by atoms with van der Waals surface area (Å²) in [6, 6.07) is 7.76. The van der Waals surface area contributed by atoms with Gasteiger partial charge in [-0.3, -0.25) is 4.79 Å². The van der Waals surface area contributed by atoms with Gasteiger partial charge in [0.1, 0.15) is 0 Å². The molecule has 1 aliphatic carbocycles. The molecule has 0 bridgehead atoms. The second kappa shape index (κ2) is 4.70. The molecule has 1 fully saturated rings. The van der Waals surface area contributed by atoms with Gasteiger partial charge in [0.25, 0.3) is 5.91 Å². The third-order valence-corrected chi connectivity index (χ3v) is 3.45. The average Bonchev–Trinajstić information content (AvgIpc) is 3.10. The number of hydrogen-bond donors (Lipinski definition) is 1. The van der Waals surface area contributed by atoms with E-state index in [-0.39, 0.29) is 5.91 Å². The maximum Gasteiger partial charge on any atom is 0.254 e. The Hall–Kier alpha value is -1.81. The van der Waals surface area contributed by atoms with Gasteiger partial charge in [0.15, 0.2) is 0 Å². The SMILES string of the molecule is Cc1c(C(=O)NC2CC2)cnn1-c1cccc(Cl)c1.